The molecule has 6 heteroatoms. The number of carbonyl (C=O) groups is 2. The van der Waals surface area contributed by atoms with Gasteiger partial charge in [-0.2, -0.15) is 0 Å². The summed E-state index contributed by atoms with van der Waals surface area (Å²) in [5.74, 6) is 0.963. The molecule has 2 amide bonds. The highest BCUT2D eigenvalue weighted by Crippen LogP contribution is 2.18. The Balaban J connectivity index is 2.08. The van der Waals surface area contributed by atoms with Crippen molar-refractivity contribution in [2.75, 3.05) is 5.75 Å². The van der Waals surface area contributed by atoms with Crippen LogP contribution in [0.25, 0.3) is 0 Å². The van der Waals surface area contributed by atoms with E-state index < -0.39 is 6.04 Å². The Kier molecular flexibility index (Phi) is 9.92. The van der Waals surface area contributed by atoms with Crippen LogP contribution in [0.5, 0.6) is 0 Å². The van der Waals surface area contributed by atoms with Gasteiger partial charge in [-0.3, -0.25) is 9.59 Å². The summed E-state index contributed by atoms with van der Waals surface area (Å²) in [4.78, 5) is 27.5. The number of nitrogens with zero attached hydrogens (tertiary/aromatic N) is 1. The SMILES string of the molecule is CC[C@H](C)NC(=O)[C@H](C)N(Cc1cccc(Br)c1)C(=O)CSCc1cccc(C)c1. The van der Waals surface area contributed by atoms with E-state index in [4.69, 9.17) is 0 Å². The number of thioether (sulfide) groups is 1. The van der Waals surface area contributed by atoms with Crippen LogP contribution in [0, 0.1) is 6.92 Å². The second kappa shape index (κ2) is 12.2. The highest BCUT2D eigenvalue weighted by molar-refractivity contribution is 9.10. The summed E-state index contributed by atoms with van der Waals surface area (Å²) in [6.07, 6.45) is 0.852. The first kappa shape index (κ1) is 24.5. The first-order chi connectivity index (χ1) is 14.3. The first-order valence-corrected chi connectivity index (χ1v) is 12.2. The largest absolute Gasteiger partial charge is 0.352 e. The third-order valence-corrected chi connectivity index (χ3v) is 6.47. The van der Waals surface area contributed by atoms with E-state index in [1.807, 2.05) is 44.2 Å². The third kappa shape index (κ3) is 7.80. The van der Waals surface area contributed by atoms with Gasteiger partial charge in [0, 0.05) is 22.8 Å². The zero-order valence-electron chi connectivity index (χ0n) is 18.2. The van der Waals surface area contributed by atoms with Crippen molar-refractivity contribution in [3.63, 3.8) is 0 Å². The fourth-order valence-corrected chi connectivity index (χ4v) is 4.33. The Morgan fingerprint density at radius 1 is 1.10 bits per heavy atom. The molecule has 2 aromatic rings. The highest BCUT2D eigenvalue weighted by atomic mass is 79.9. The maximum Gasteiger partial charge on any atom is 0.242 e. The van der Waals surface area contributed by atoms with E-state index in [1.165, 1.54) is 11.1 Å². The maximum atomic E-state index is 13.1. The van der Waals surface area contributed by atoms with Gasteiger partial charge in [0.05, 0.1) is 5.75 Å². The molecule has 0 aliphatic carbocycles. The van der Waals surface area contributed by atoms with Crippen LogP contribution in [0.3, 0.4) is 0 Å². The van der Waals surface area contributed by atoms with Crippen molar-refractivity contribution in [1.82, 2.24) is 10.2 Å². The lowest BCUT2D eigenvalue weighted by atomic mass is 10.1. The Labute approximate surface area is 192 Å². The van der Waals surface area contributed by atoms with E-state index in [2.05, 4.69) is 46.4 Å². The van der Waals surface area contributed by atoms with Gasteiger partial charge in [-0.15, -0.1) is 11.8 Å². The van der Waals surface area contributed by atoms with E-state index in [0.717, 1.165) is 22.2 Å². The second-order valence-electron chi connectivity index (χ2n) is 7.63. The van der Waals surface area contributed by atoms with E-state index in [1.54, 1.807) is 23.6 Å². The number of halogens is 1. The summed E-state index contributed by atoms with van der Waals surface area (Å²) in [6, 6.07) is 15.7. The Morgan fingerprint density at radius 3 is 2.47 bits per heavy atom. The average Bonchev–Trinajstić information content (AvgIpc) is 2.71. The molecule has 30 heavy (non-hydrogen) atoms. The molecule has 0 saturated heterocycles. The van der Waals surface area contributed by atoms with E-state index in [-0.39, 0.29) is 17.9 Å². The smallest absolute Gasteiger partial charge is 0.242 e. The molecule has 0 bridgehead atoms. The number of rotatable bonds is 10. The third-order valence-electron chi connectivity index (χ3n) is 4.99. The number of benzene rings is 2. The fourth-order valence-electron chi connectivity index (χ4n) is 3.02. The Hall–Kier alpha value is -1.79. The second-order valence-corrected chi connectivity index (χ2v) is 9.53. The summed E-state index contributed by atoms with van der Waals surface area (Å²) < 4.78 is 0.956. The lowest BCUT2D eigenvalue weighted by Crippen LogP contribution is -2.50. The van der Waals surface area contributed by atoms with Crippen LogP contribution in [0.1, 0.15) is 43.9 Å². The predicted octanol–water partition coefficient (Wildman–Crippen LogP) is 5.32. The molecule has 0 aliphatic heterocycles. The van der Waals surface area contributed by atoms with E-state index in [0.29, 0.717) is 12.3 Å². The predicted molar refractivity (Wildman–Crippen MR) is 129 cm³/mol. The Morgan fingerprint density at radius 2 is 1.80 bits per heavy atom. The van der Waals surface area contributed by atoms with Gasteiger partial charge in [0.25, 0.3) is 0 Å². The molecule has 2 aromatic carbocycles. The molecule has 0 saturated carbocycles. The van der Waals surface area contributed by atoms with Crippen LogP contribution < -0.4 is 5.32 Å². The molecule has 0 aromatic heterocycles. The summed E-state index contributed by atoms with van der Waals surface area (Å²) >= 11 is 5.06. The van der Waals surface area contributed by atoms with Crippen molar-refractivity contribution in [3.8, 4) is 0 Å². The number of nitrogens with one attached hydrogen (secondary N) is 1. The van der Waals surface area contributed by atoms with Gasteiger partial charge in [0.1, 0.15) is 6.04 Å². The standard InChI is InChI=1S/C24H31BrN2O2S/c1-5-18(3)26-24(29)19(4)27(14-20-9-7-11-22(25)13-20)23(28)16-30-15-21-10-6-8-17(2)12-21/h6-13,18-19H,5,14-16H2,1-4H3,(H,26,29)/t18-,19-/m0/s1. The fraction of sp³-hybridized carbons (Fsp3) is 0.417. The van der Waals surface area contributed by atoms with Crippen molar-refractivity contribution in [2.24, 2.45) is 0 Å². The number of hydrogen-bond acceptors (Lipinski definition) is 3. The Bertz CT molecular complexity index is 859. The minimum absolute atomic E-state index is 0.0283. The summed E-state index contributed by atoms with van der Waals surface area (Å²) in [6.45, 7) is 8.28. The van der Waals surface area contributed by atoms with Crippen molar-refractivity contribution in [2.45, 2.75) is 58.5 Å². The van der Waals surface area contributed by atoms with Crippen LogP contribution in [0.4, 0.5) is 0 Å². The van der Waals surface area contributed by atoms with E-state index >= 15 is 0 Å². The lowest BCUT2D eigenvalue weighted by molar-refractivity contribution is -0.138. The normalized spacial score (nSPS) is 12.8. The van der Waals surface area contributed by atoms with Gasteiger partial charge in [-0.05, 0) is 50.5 Å². The van der Waals surface area contributed by atoms with Gasteiger partial charge in [-0.1, -0.05) is 64.8 Å². The lowest BCUT2D eigenvalue weighted by Gasteiger charge is -2.29. The number of carbonyl (C=O) groups excluding carboxylic acids is 2. The van der Waals surface area contributed by atoms with Crippen LogP contribution in [0.15, 0.2) is 53.0 Å². The maximum absolute atomic E-state index is 13.1. The van der Waals surface area contributed by atoms with Crippen LogP contribution in [-0.2, 0) is 21.9 Å². The van der Waals surface area contributed by atoms with Crippen molar-refractivity contribution in [1.29, 1.82) is 0 Å². The van der Waals surface area contributed by atoms with Crippen molar-refractivity contribution >= 4 is 39.5 Å². The molecule has 0 spiro atoms. The monoisotopic (exact) mass is 490 g/mol. The number of aryl methyl sites for hydroxylation is 1. The summed E-state index contributed by atoms with van der Waals surface area (Å²) in [5, 5.41) is 3.00. The van der Waals surface area contributed by atoms with Crippen molar-refractivity contribution < 1.29 is 9.59 Å². The molecule has 0 unspecified atom stereocenters. The average molecular weight is 491 g/mol. The molecule has 0 heterocycles. The van der Waals surface area contributed by atoms with Gasteiger partial charge >= 0.3 is 0 Å². The van der Waals surface area contributed by atoms with Crippen LogP contribution in [-0.4, -0.2) is 34.6 Å². The minimum atomic E-state index is -0.537. The summed E-state index contributed by atoms with van der Waals surface area (Å²) in [5.41, 5.74) is 3.41. The molecule has 162 valence electrons. The minimum Gasteiger partial charge on any atom is -0.352 e. The van der Waals surface area contributed by atoms with Gasteiger partial charge in [-0.25, -0.2) is 0 Å². The molecular weight excluding hydrogens is 460 g/mol. The van der Waals surface area contributed by atoms with Crippen molar-refractivity contribution in [3.05, 3.63) is 69.7 Å². The molecule has 0 aliphatic rings. The van der Waals surface area contributed by atoms with E-state index in [9.17, 15) is 9.59 Å². The molecular formula is C24H31BrN2O2S. The number of hydrogen-bond donors (Lipinski definition) is 1. The van der Waals surface area contributed by atoms with Gasteiger partial charge in [0.2, 0.25) is 11.8 Å². The van der Waals surface area contributed by atoms with Crippen LogP contribution >= 0.6 is 27.7 Å². The van der Waals surface area contributed by atoms with Gasteiger partial charge < -0.3 is 10.2 Å². The molecule has 4 nitrogen and oxygen atoms in total. The van der Waals surface area contributed by atoms with Crippen LogP contribution in [0.2, 0.25) is 0 Å². The zero-order chi connectivity index (χ0) is 22.1. The molecule has 2 rings (SSSR count). The topological polar surface area (TPSA) is 49.4 Å². The zero-order valence-corrected chi connectivity index (χ0v) is 20.6. The molecule has 0 radical (unpaired) electrons. The first-order valence-electron chi connectivity index (χ1n) is 10.3. The highest BCUT2D eigenvalue weighted by Gasteiger charge is 2.26. The van der Waals surface area contributed by atoms with Gasteiger partial charge in [0.15, 0.2) is 0 Å². The molecule has 2 atom stereocenters. The quantitative estimate of drug-likeness (QED) is 0.489. The molecule has 1 N–H and O–H groups in total. The number of amides is 2. The molecule has 0 fully saturated rings. The summed E-state index contributed by atoms with van der Waals surface area (Å²) in [7, 11) is 0.